The molecule has 5 nitrogen and oxygen atoms in total. The molecule has 1 N–H and O–H groups in total. The monoisotopic (exact) mass is 389 g/mol. The third-order valence-electron chi connectivity index (χ3n) is 6.61. The Kier molecular flexibility index (Phi) is 5.60. The molecule has 4 rings (SSSR count). The second kappa shape index (κ2) is 7.00. The fourth-order valence-electron chi connectivity index (χ4n) is 5.50. The molecular formula is C18H22KO5S. The predicted molar refractivity (Wildman–Crippen MR) is 94.0 cm³/mol. The Hall–Kier alpha value is 0.236. The van der Waals surface area contributed by atoms with Crippen LogP contribution in [0.15, 0.2) is 18.2 Å². The van der Waals surface area contributed by atoms with Crippen molar-refractivity contribution in [3.8, 4) is 5.75 Å². The maximum absolute atomic E-state index is 12.3. The van der Waals surface area contributed by atoms with Gasteiger partial charge in [0, 0.05) is 63.2 Å². The van der Waals surface area contributed by atoms with Crippen molar-refractivity contribution in [2.45, 2.75) is 51.4 Å². The second-order valence-electron chi connectivity index (χ2n) is 7.71. The molecule has 4 unspecified atom stereocenters. The van der Waals surface area contributed by atoms with Crippen LogP contribution in [0.5, 0.6) is 5.75 Å². The average molecular weight is 390 g/mol. The molecule has 2 fully saturated rings. The Bertz CT molecular complexity index is 806. The molecule has 0 bridgehead atoms. The van der Waals surface area contributed by atoms with E-state index in [1.807, 2.05) is 6.07 Å². The fraction of sp³-hybridized carbons (Fsp3) is 0.611. The van der Waals surface area contributed by atoms with Gasteiger partial charge >= 0.3 is 10.4 Å². The summed E-state index contributed by atoms with van der Waals surface area (Å²) in [7, 11) is -4.49. The van der Waals surface area contributed by atoms with Crippen molar-refractivity contribution < 1.29 is 21.9 Å². The molecular weight excluding hydrogens is 367 g/mol. The zero-order valence-electron chi connectivity index (χ0n) is 14.7. The van der Waals surface area contributed by atoms with Crippen LogP contribution in [0, 0.1) is 17.3 Å². The first-order valence-corrected chi connectivity index (χ1v) is 9.97. The summed E-state index contributed by atoms with van der Waals surface area (Å²) in [6, 6.07) is 5.28. The van der Waals surface area contributed by atoms with Crippen molar-refractivity contribution in [3.05, 3.63) is 29.3 Å². The Morgan fingerprint density at radius 2 is 1.96 bits per heavy atom. The largest absolute Gasteiger partial charge is 0.446 e. The summed E-state index contributed by atoms with van der Waals surface area (Å²) in [5.41, 5.74) is 2.23. The summed E-state index contributed by atoms with van der Waals surface area (Å²) < 4.78 is 35.2. The summed E-state index contributed by atoms with van der Waals surface area (Å²) in [6.07, 6.45) is 5.57. The minimum absolute atomic E-state index is 0. The normalized spacial score (nSPS) is 33.7. The van der Waals surface area contributed by atoms with Crippen molar-refractivity contribution in [2.24, 2.45) is 17.3 Å². The van der Waals surface area contributed by atoms with Crippen LogP contribution in [0.25, 0.3) is 0 Å². The molecule has 131 valence electrons. The first-order chi connectivity index (χ1) is 11.3. The van der Waals surface area contributed by atoms with Crippen LogP contribution in [-0.4, -0.2) is 70.1 Å². The first-order valence-electron chi connectivity index (χ1n) is 8.61. The number of ketones is 1. The molecule has 1 radical (unpaired) electrons. The number of carbonyl (C=O) groups excluding carboxylic acids is 1. The van der Waals surface area contributed by atoms with Gasteiger partial charge in [-0.15, -0.1) is 0 Å². The van der Waals surface area contributed by atoms with Gasteiger partial charge in [-0.1, -0.05) is 13.0 Å². The third kappa shape index (κ3) is 3.53. The Labute approximate surface area is 191 Å². The number of carbonyl (C=O) groups is 1. The quantitative estimate of drug-likeness (QED) is 0.621. The molecule has 0 heterocycles. The van der Waals surface area contributed by atoms with Crippen LogP contribution < -0.4 is 4.18 Å². The van der Waals surface area contributed by atoms with Gasteiger partial charge < -0.3 is 4.18 Å². The number of benzene rings is 1. The minimum Gasteiger partial charge on any atom is -0.362 e. The van der Waals surface area contributed by atoms with Crippen LogP contribution >= 0.6 is 0 Å². The van der Waals surface area contributed by atoms with E-state index in [0.717, 1.165) is 44.1 Å². The summed E-state index contributed by atoms with van der Waals surface area (Å²) in [4.78, 5) is 12.3. The zero-order valence-corrected chi connectivity index (χ0v) is 18.6. The number of fused-ring (bicyclic) bond motifs is 5. The van der Waals surface area contributed by atoms with E-state index in [1.54, 1.807) is 12.1 Å². The molecule has 0 aliphatic heterocycles. The first kappa shape index (κ1) is 20.0. The Morgan fingerprint density at radius 3 is 2.68 bits per heavy atom. The molecule has 0 aromatic heterocycles. The smallest absolute Gasteiger partial charge is 0.362 e. The molecule has 3 aliphatic rings. The molecule has 25 heavy (non-hydrogen) atoms. The summed E-state index contributed by atoms with van der Waals surface area (Å²) in [5.74, 6) is 2.05. The van der Waals surface area contributed by atoms with Gasteiger partial charge in [0.05, 0.1) is 0 Å². The van der Waals surface area contributed by atoms with Gasteiger partial charge in [-0.05, 0) is 73.1 Å². The third-order valence-corrected chi connectivity index (χ3v) is 7.01. The Balaban J connectivity index is 0.00000182. The number of aryl methyl sites for hydroxylation is 1. The fourth-order valence-corrected chi connectivity index (χ4v) is 5.85. The van der Waals surface area contributed by atoms with Crippen molar-refractivity contribution >= 4 is 67.6 Å². The van der Waals surface area contributed by atoms with Crippen LogP contribution in [-0.2, 0) is 21.6 Å². The van der Waals surface area contributed by atoms with Gasteiger partial charge in [0.2, 0.25) is 0 Å². The van der Waals surface area contributed by atoms with Crippen molar-refractivity contribution in [3.63, 3.8) is 0 Å². The molecule has 1 aromatic rings. The van der Waals surface area contributed by atoms with Crippen molar-refractivity contribution in [2.75, 3.05) is 0 Å². The molecule has 4 atom stereocenters. The molecule has 7 heteroatoms. The number of hydrogen-bond acceptors (Lipinski definition) is 4. The Morgan fingerprint density at radius 1 is 1.20 bits per heavy atom. The van der Waals surface area contributed by atoms with Crippen LogP contribution in [0.3, 0.4) is 0 Å². The van der Waals surface area contributed by atoms with Crippen LogP contribution in [0.2, 0.25) is 0 Å². The van der Waals surface area contributed by atoms with E-state index in [1.165, 1.54) is 5.56 Å². The zero-order chi connectivity index (χ0) is 17.1. The average Bonchev–Trinajstić information content (AvgIpc) is 2.81. The van der Waals surface area contributed by atoms with E-state index < -0.39 is 10.4 Å². The maximum atomic E-state index is 12.3. The summed E-state index contributed by atoms with van der Waals surface area (Å²) in [6.45, 7) is 2.15. The van der Waals surface area contributed by atoms with Gasteiger partial charge in [0.15, 0.2) is 0 Å². The van der Waals surface area contributed by atoms with Crippen LogP contribution in [0.4, 0.5) is 0 Å². The molecule has 0 saturated heterocycles. The van der Waals surface area contributed by atoms with E-state index in [-0.39, 0.29) is 62.5 Å². The minimum atomic E-state index is -4.49. The van der Waals surface area contributed by atoms with Crippen LogP contribution in [0.1, 0.15) is 56.1 Å². The molecule has 2 saturated carbocycles. The topological polar surface area (TPSA) is 80.7 Å². The van der Waals surface area contributed by atoms with Gasteiger partial charge in [-0.2, -0.15) is 8.42 Å². The molecule has 1 aromatic carbocycles. The summed E-state index contributed by atoms with van der Waals surface area (Å²) in [5, 5.41) is 0. The molecule has 3 aliphatic carbocycles. The van der Waals surface area contributed by atoms with Gasteiger partial charge in [0.1, 0.15) is 11.5 Å². The van der Waals surface area contributed by atoms with E-state index in [0.29, 0.717) is 23.5 Å². The molecule has 0 spiro atoms. The van der Waals surface area contributed by atoms with Gasteiger partial charge in [0.25, 0.3) is 0 Å². The predicted octanol–water partition coefficient (Wildman–Crippen LogP) is 2.91. The van der Waals surface area contributed by atoms with Gasteiger partial charge in [-0.25, -0.2) is 0 Å². The van der Waals surface area contributed by atoms with E-state index in [2.05, 4.69) is 11.1 Å². The number of hydrogen-bond donors (Lipinski definition) is 1. The van der Waals surface area contributed by atoms with Crippen molar-refractivity contribution in [1.82, 2.24) is 0 Å². The second-order valence-corrected chi connectivity index (χ2v) is 8.73. The molecule has 0 amide bonds. The SMILES string of the molecule is CC12CCC3c4ccc(OS(=O)(=O)O)cc4CCC3C1CCC2=O.[K]. The van der Waals surface area contributed by atoms with E-state index in [4.69, 9.17) is 4.55 Å². The van der Waals surface area contributed by atoms with Crippen molar-refractivity contribution in [1.29, 1.82) is 0 Å². The van der Waals surface area contributed by atoms with E-state index in [9.17, 15) is 13.2 Å². The van der Waals surface area contributed by atoms with E-state index >= 15 is 0 Å². The number of Topliss-reactive ketones (excluding diaryl/α,β-unsaturated/α-hetero) is 1. The standard InChI is InChI=1S/C18H22O5S.K/c1-18-9-8-14-13-5-3-12(23-24(20,21)22)10-11(13)2-4-15(14)16(18)6-7-17(18)19;/h3,5,10,14-16H,2,4,6-9H2,1H3,(H,20,21,22);. The van der Waals surface area contributed by atoms with Gasteiger partial charge in [-0.3, -0.25) is 9.35 Å². The maximum Gasteiger partial charge on any atom is 0.446 e. The number of rotatable bonds is 2. The summed E-state index contributed by atoms with van der Waals surface area (Å²) >= 11 is 0.